The van der Waals surface area contributed by atoms with Crippen molar-refractivity contribution in [2.45, 2.75) is 19.6 Å². The third-order valence-corrected chi connectivity index (χ3v) is 3.18. The molecule has 0 aliphatic rings. The van der Waals surface area contributed by atoms with E-state index in [1.165, 1.54) is 12.1 Å². The SMILES string of the molecule is C[Si](C)(C)C#Cc1ccc(N=C(N)CCl)c(F)c1F. The van der Waals surface area contributed by atoms with Crippen LogP contribution in [0.25, 0.3) is 0 Å². The molecule has 2 N–H and O–H groups in total. The molecule has 0 aliphatic heterocycles. The summed E-state index contributed by atoms with van der Waals surface area (Å²) in [5.41, 5.74) is 8.22. The molecule has 6 heteroatoms. The number of nitrogens with zero attached hydrogens (tertiary/aromatic N) is 1. The zero-order chi connectivity index (χ0) is 14.6. The van der Waals surface area contributed by atoms with Gasteiger partial charge in [-0.1, -0.05) is 25.6 Å². The van der Waals surface area contributed by atoms with Crippen molar-refractivity contribution < 1.29 is 8.78 Å². The van der Waals surface area contributed by atoms with Gasteiger partial charge in [-0.2, -0.15) is 0 Å². The van der Waals surface area contributed by atoms with E-state index in [9.17, 15) is 8.78 Å². The topological polar surface area (TPSA) is 38.4 Å². The summed E-state index contributed by atoms with van der Waals surface area (Å²) in [4.78, 5) is 3.70. The number of hydrogen-bond donors (Lipinski definition) is 1. The number of aliphatic imine (C=N–C) groups is 1. The highest BCUT2D eigenvalue weighted by molar-refractivity contribution is 6.83. The van der Waals surface area contributed by atoms with Crippen LogP contribution >= 0.6 is 11.6 Å². The van der Waals surface area contributed by atoms with E-state index in [0.29, 0.717) is 0 Å². The molecule has 0 aliphatic carbocycles. The smallest absolute Gasteiger partial charge is 0.185 e. The van der Waals surface area contributed by atoms with Crippen LogP contribution in [0.4, 0.5) is 14.5 Å². The molecular formula is C13H15ClF2N2Si. The maximum atomic E-state index is 13.8. The van der Waals surface area contributed by atoms with Crippen LogP contribution < -0.4 is 5.73 Å². The van der Waals surface area contributed by atoms with E-state index < -0.39 is 19.7 Å². The van der Waals surface area contributed by atoms with Gasteiger partial charge < -0.3 is 5.73 Å². The molecule has 0 radical (unpaired) electrons. The van der Waals surface area contributed by atoms with Crippen LogP contribution in [0.3, 0.4) is 0 Å². The second kappa shape index (κ2) is 6.18. The van der Waals surface area contributed by atoms with E-state index in [2.05, 4.69) is 16.5 Å². The number of halogens is 3. The lowest BCUT2D eigenvalue weighted by molar-refractivity contribution is 0.508. The summed E-state index contributed by atoms with van der Waals surface area (Å²) in [5, 5.41) is 0. The summed E-state index contributed by atoms with van der Waals surface area (Å²) >= 11 is 5.44. The highest BCUT2D eigenvalue weighted by atomic mass is 35.5. The van der Waals surface area contributed by atoms with Crippen molar-refractivity contribution in [1.82, 2.24) is 0 Å². The zero-order valence-electron chi connectivity index (χ0n) is 11.0. The van der Waals surface area contributed by atoms with Crippen molar-refractivity contribution >= 4 is 31.2 Å². The molecule has 0 saturated heterocycles. The van der Waals surface area contributed by atoms with E-state index >= 15 is 0 Å². The minimum atomic E-state index is -1.64. The Bertz CT molecular complexity index is 568. The van der Waals surface area contributed by atoms with Crippen molar-refractivity contribution in [2.75, 3.05) is 5.88 Å². The highest BCUT2D eigenvalue weighted by Gasteiger charge is 2.13. The molecule has 2 nitrogen and oxygen atoms in total. The van der Waals surface area contributed by atoms with E-state index in [-0.39, 0.29) is 23.0 Å². The van der Waals surface area contributed by atoms with Crippen molar-refractivity contribution in [3.8, 4) is 11.5 Å². The van der Waals surface area contributed by atoms with Crippen LogP contribution in [0.1, 0.15) is 5.56 Å². The monoisotopic (exact) mass is 300 g/mol. The lowest BCUT2D eigenvalue weighted by Crippen LogP contribution is -2.16. The predicted molar refractivity (Wildman–Crippen MR) is 78.6 cm³/mol. The maximum Gasteiger partial charge on any atom is 0.185 e. The van der Waals surface area contributed by atoms with Crippen molar-refractivity contribution in [3.63, 3.8) is 0 Å². The molecule has 0 amide bonds. The molecular weight excluding hydrogens is 286 g/mol. The van der Waals surface area contributed by atoms with Gasteiger partial charge in [-0.15, -0.1) is 17.1 Å². The standard InChI is InChI=1S/C13H15ClF2N2Si/c1-19(2,3)7-6-9-4-5-10(13(16)12(9)15)18-11(17)8-14/h4-5H,8H2,1-3H3,(H2,17,18). The molecule has 0 spiro atoms. The summed E-state index contributed by atoms with van der Waals surface area (Å²) in [7, 11) is -1.64. The summed E-state index contributed by atoms with van der Waals surface area (Å²) in [6, 6.07) is 2.73. The fourth-order valence-corrected chi connectivity index (χ4v) is 1.73. The van der Waals surface area contributed by atoms with Gasteiger partial charge in [0.15, 0.2) is 11.6 Å². The summed E-state index contributed by atoms with van der Waals surface area (Å²) in [6.45, 7) is 6.07. The van der Waals surface area contributed by atoms with E-state index in [0.717, 1.165) is 0 Å². The van der Waals surface area contributed by atoms with Crippen LogP contribution in [-0.4, -0.2) is 19.8 Å². The third-order valence-electron chi connectivity index (χ3n) is 2.04. The summed E-state index contributed by atoms with van der Waals surface area (Å²) in [6.07, 6.45) is 0. The number of benzene rings is 1. The van der Waals surface area contributed by atoms with Gasteiger partial charge in [-0.05, 0) is 12.1 Å². The minimum absolute atomic E-state index is 0.0286. The van der Waals surface area contributed by atoms with Gasteiger partial charge in [-0.3, -0.25) is 0 Å². The predicted octanol–water partition coefficient (Wildman–Crippen LogP) is 3.42. The molecule has 0 fully saturated rings. The fourth-order valence-electron chi connectivity index (χ4n) is 1.16. The minimum Gasteiger partial charge on any atom is -0.386 e. The van der Waals surface area contributed by atoms with Crippen molar-refractivity contribution in [3.05, 3.63) is 29.3 Å². The Morgan fingerprint density at radius 2 is 1.95 bits per heavy atom. The number of rotatable bonds is 2. The van der Waals surface area contributed by atoms with Crippen molar-refractivity contribution in [1.29, 1.82) is 0 Å². The molecule has 102 valence electrons. The third kappa shape index (κ3) is 4.65. The van der Waals surface area contributed by atoms with Gasteiger partial charge in [0.2, 0.25) is 0 Å². The van der Waals surface area contributed by atoms with Gasteiger partial charge in [0.25, 0.3) is 0 Å². The Labute approximate surface area is 117 Å². The summed E-state index contributed by atoms with van der Waals surface area (Å²) < 4.78 is 27.5. The van der Waals surface area contributed by atoms with Gasteiger partial charge in [0.05, 0.1) is 11.4 Å². The van der Waals surface area contributed by atoms with E-state index in [4.69, 9.17) is 17.3 Å². The Hall–Kier alpha value is -1.38. The zero-order valence-corrected chi connectivity index (χ0v) is 12.8. The molecule has 0 saturated carbocycles. The lowest BCUT2D eigenvalue weighted by atomic mass is 10.2. The van der Waals surface area contributed by atoms with E-state index in [1.54, 1.807) is 0 Å². The van der Waals surface area contributed by atoms with Crippen LogP contribution in [0.5, 0.6) is 0 Å². The number of hydrogen-bond acceptors (Lipinski definition) is 1. The molecule has 1 aromatic rings. The first-order valence-electron chi connectivity index (χ1n) is 5.65. The largest absolute Gasteiger partial charge is 0.386 e. The first-order chi connectivity index (χ1) is 8.74. The Morgan fingerprint density at radius 3 is 2.47 bits per heavy atom. The molecule has 1 rings (SSSR count). The number of amidine groups is 1. The average Bonchev–Trinajstić information content (AvgIpc) is 2.32. The normalized spacial score (nSPS) is 12.0. The average molecular weight is 301 g/mol. The van der Waals surface area contributed by atoms with Gasteiger partial charge in [-0.25, -0.2) is 13.8 Å². The molecule has 0 heterocycles. The lowest BCUT2D eigenvalue weighted by Gasteiger charge is -2.05. The maximum absolute atomic E-state index is 13.8. The fraction of sp³-hybridized carbons (Fsp3) is 0.308. The highest BCUT2D eigenvalue weighted by Crippen LogP contribution is 2.23. The first kappa shape index (κ1) is 15.7. The molecule has 19 heavy (non-hydrogen) atoms. The van der Waals surface area contributed by atoms with E-state index in [1.807, 2.05) is 19.6 Å². The molecule has 0 atom stereocenters. The van der Waals surface area contributed by atoms with Gasteiger partial charge in [0.1, 0.15) is 19.6 Å². The first-order valence-corrected chi connectivity index (χ1v) is 9.68. The van der Waals surface area contributed by atoms with Crippen LogP contribution in [0.15, 0.2) is 17.1 Å². The Kier molecular flexibility index (Phi) is 5.09. The van der Waals surface area contributed by atoms with Crippen LogP contribution in [0.2, 0.25) is 19.6 Å². The Balaban J connectivity index is 3.21. The summed E-state index contributed by atoms with van der Waals surface area (Å²) in [5.74, 6) is 0.599. The number of alkyl halides is 1. The molecule has 0 unspecified atom stereocenters. The molecule has 0 bridgehead atoms. The van der Waals surface area contributed by atoms with Gasteiger partial charge >= 0.3 is 0 Å². The molecule has 0 aromatic heterocycles. The second-order valence-electron chi connectivity index (χ2n) is 5.00. The van der Waals surface area contributed by atoms with Crippen LogP contribution in [0, 0.1) is 23.1 Å². The number of nitrogens with two attached hydrogens (primary N) is 1. The van der Waals surface area contributed by atoms with Crippen LogP contribution in [-0.2, 0) is 0 Å². The molecule has 1 aromatic carbocycles. The quantitative estimate of drug-likeness (QED) is 0.294. The van der Waals surface area contributed by atoms with Crippen molar-refractivity contribution in [2.24, 2.45) is 10.7 Å². The second-order valence-corrected chi connectivity index (χ2v) is 10.0. The Morgan fingerprint density at radius 1 is 1.32 bits per heavy atom. The van der Waals surface area contributed by atoms with Gasteiger partial charge in [0, 0.05) is 0 Å².